The van der Waals surface area contributed by atoms with E-state index in [4.69, 9.17) is 14.6 Å². The van der Waals surface area contributed by atoms with Gasteiger partial charge < -0.3 is 19.5 Å². The fraction of sp³-hybridized carbons (Fsp3) is 0.593. The number of rotatable bonds is 17. The van der Waals surface area contributed by atoms with Crippen LogP contribution in [-0.2, 0) is 14.3 Å². The van der Waals surface area contributed by atoms with Gasteiger partial charge in [0.15, 0.2) is 0 Å². The summed E-state index contributed by atoms with van der Waals surface area (Å²) in [6, 6.07) is 5.84. The Morgan fingerprint density at radius 2 is 1.29 bits per heavy atom. The summed E-state index contributed by atoms with van der Waals surface area (Å²) in [5.41, 5.74) is -0.0782. The number of hydrogen-bond acceptors (Lipinski definition) is 5. The molecule has 0 fully saturated rings. The number of aromatic carboxylic acids is 1. The van der Waals surface area contributed by atoms with E-state index in [9.17, 15) is 14.4 Å². The van der Waals surface area contributed by atoms with Gasteiger partial charge in [-0.15, -0.1) is 0 Å². The minimum Gasteiger partial charge on any atom is -0.478 e. The molecule has 0 aliphatic heterocycles. The molecule has 0 amide bonds. The number of carbonyl (C=O) groups is 3. The third-order valence-electron chi connectivity index (χ3n) is 5.21. The molecule has 0 radical (unpaired) electrons. The molecule has 0 unspecified atom stereocenters. The van der Waals surface area contributed by atoms with Crippen LogP contribution in [0.15, 0.2) is 36.9 Å². The number of quaternary nitrogens is 1. The van der Waals surface area contributed by atoms with Crippen LogP contribution in [0.4, 0.5) is 0 Å². The summed E-state index contributed by atoms with van der Waals surface area (Å²) in [5, 5.41) is 8.97. The smallest absolute Gasteiger partial charge is 0.339 e. The molecule has 0 saturated carbocycles. The molecule has 0 saturated heterocycles. The molecule has 34 heavy (non-hydrogen) atoms. The van der Waals surface area contributed by atoms with Crippen LogP contribution in [0.1, 0.15) is 92.9 Å². The lowest BCUT2D eigenvalue weighted by Crippen LogP contribution is -3.12. The maximum Gasteiger partial charge on any atom is 0.339 e. The molecule has 0 aliphatic carbocycles. The highest BCUT2D eigenvalue weighted by Crippen LogP contribution is 2.10. The zero-order chi connectivity index (χ0) is 25.6. The predicted octanol–water partition coefficient (Wildman–Crippen LogP) is 4.32. The van der Waals surface area contributed by atoms with Crippen molar-refractivity contribution in [1.29, 1.82) is 0 Å². The van der Waals surface area contributed by atoms with E-state index in [2.05, 4.69) is 27.4 Å². The van der Waals surface area contributed by atoms with Gasteiger partial charge in [-0.3, -0.25) is 0 Å². The van der Waals surface area contributed by atoms with E-state index in [0.717, 1.165) is 6.08 Å². The van der Waals surface area contributed by atoms with Crippen LogP contribution in [-0.4, -0.2) is 55.9 Å². The minimum atomic E-state index is -1.18. The topological polar surface area (TPSA) is 94.3 Å². The maximum absolute atomic E-state index is 11.8. The van der Waals surface area contributed by atoms with Gasteiger partial charge in [0, 0.05) is 6.08 Å². The van der Waals surface area contributed by atoms with Crippen LogP contribution in [0.3, 0.4) is 0 Å². The van der Waals surface area contributed by atoms with Crippen molar-refractivity contribution in [3.05, 3.63) is 48.0 Å². The van der Waals surface area contributed by atoms with Crippen LogP contribution < -0.4 is 4.90 Å². The van der Waals surface area contributed by atoms with Crippen LogP contribution in [0.5, 0.6) is 0 Å². The van der Waals surface area contributed by atoms with Crippen molar-refractivity contribution < 1.29 is 33.9 Å². The summed E-state index contributed by atoms with van der Waals surface area (Å²) in [5.74, 6) is -2.36. The molecule has 7 nitrogen and oxygen atoms in total. The summed E-state index contributed by atoms with van der Waals surface area (Å²) in [6.45, 7) is 14.7. The van der Waals surface area contributed by atoms with Gasteiger partial charge in [-0.2, -0.15) is 0 Å². The quantitative estimate of drug-likeness (QED) is 0.197. The van der Waals surface area contributed by atoms with E-state index < -0.39 is 17.9 Å². The van der Waals surface area contributed by atoms with Crippen molar-refractivity contribution in [1.82, 2.24) is 0 Å². The van der Waals surface area contributed by atoms with Crippen molar-refractivity contribution in [2.45, 2.75) is 72.1 Å². The highest BCUT2D eigenvalue weighted by atomic mass is 16.5. The van der Waals surface area contributed by atoms with Crippen molar-refractivity contribution >= 4 is 17.9 Å². The molecular weight excluding hydrogens is 434 g/mol. The van der Waals surface area contributed by atoms with Gasteiger partial charge in [0.2, 0.25) is 0 Å². The third kappa shape index (κ3) is 15.2. The van der Waals surface area contributed by atoms with E-state index >= 15 is 0 Å². The molecule has 0 spiro atoms. The van der Waals surface area contributed by atoms with Crippen LogP contribution >= 0.6 is 0 Å². The molecule has 0 atom stereocenters. The highest BCUT2D eigenvalue weighted by Gasteiger charge is 2.16. The average Bonchev–Trinajstić information content (AvgIpc) is 2.85. The lowest BCUT2D eigenvalue weighted by atomic mass is 10.1. The van der Waals surface area contributed by atoms with Crippen molar-refractivity contribution in [2.75, 3.05) is 32.8 Å². The van der Waals surface area contributed by atoms with E-state index in [-0.39, 0.29) is 24.3 Å². The van der Waals surface area contributed by atoms with E-state index in [1.165, 1.54) is 76.4 Å². The molecule has 0 aliphatic rings. The lowest BCUT2D eigenvalue weighted by molar-refractivity contribution is -0.900. The zero-order valence-electron chi connectivity index (χ0n) is 21.3. The largest absolute Gasteiger partial charge is 0.478 e. The number of carbonyl (C=O) groups excluding carboxylic acids is 2. The highest BCUT2D eigenvalue weighted by molar-refractivity contribution is 6.02. The first-order valence-electron chi connectivity index (χ1n) is 12.5. The Labute approximate surface area is 205 Å². The number of nitrogens with one attached hydrogen (secondary N) is 1. The molecule has 0 heterocycles. The van der Waals surface area contributed by atoms with Crippen LogP contribution in [0.2, 0.25) is 0 Å². The molecule has 1 aromatic rings. The standard InChI is InChI=1S/C15H16O6.C12H27N/c1-2-13(16)20-9-5-6-10-21-15(19)12-8-4-3-7-11(12)14(17)18;1-4-7-10-13(11-8-5-2)12-9-6-3/h2-4,7-8H,1,5-6,9-10H2,(H,17,18);4-12H2,1-3H3/p+1. The lowest BCUT2D eigenvalue weighted by Gasteiger charge is -2.18. The van der Waals surface area contributed by atoms with Crippen molar-refractivity contribution in [2.24, 2.45) is 0 Å². The monoisotopic (exact) mass is 478 g/mol. The third-order valence-corrected chi connectivity index (χ3v) is 5.21. The molecule has 0 bridgehead atoms. The molecule has 1 rings (SSSR count). The normalized spacial score (nSPS) is 10.2. The van der Waals surface area contributed by atoms with Crippen LogP contribution in [0.25, 0.3) is 0 Å². The van der Waals surface area contributed by atoms with Gasteiger partial charge in [0.05, 0.1) is 44.0 Å². The number of ether oxygens (including phenoxy) is 2. The fourth-order valence-electron chi connectivity index (χ4n) is 3.18. The number of hydrogen-bond donors (Lipinski definition) is 2. The Bertz CT molecular complexity index is 700. The number of esters is 2. The van der Waals surface area contributed by atoms with E-state index in [1.807, 2.05) is 4.90 Å². The van der Waals surface area contributed by atoms with Gasteiger partial charge in [-0.1, -0.05) is 58.7 Å². The molecule has 2 N–H and O–H groups in total. The summed E-state index contributed by atoms with van der Waals surface area (Å²) in [6.07, 6.45) is 10.4. The van der Waals surface area contributed by atoms with Crippen LogP contribution in [0, 0.1) is 0 Å². The fourth-order valence-corrected chi connectivity index (χ4v) is 3.18. The Kier molecular flexibility index (Phi) is 19.3. The first-order chi connectivity index (χ1) is 16.4. The Balaban J connectivity index is 0.000000722. The van der Waals surface area contributed by atoms with Crippen molar-refractivity contribution in [3.8, 4) is 0 Å². The number of benzene rings is 1. The summed E-state index contributed by atoms with van der Waals surface area (Å²) in [4.78, 5) is 35.3. The first-order valence-corrected chi connectivity index (χ1v) is 12.5. The summed E-state index contributed by atoms with van der Waals surface area (Å²) in [7, 11) is 0. The molecule has 192 valence electrons. The predicted molar refractivity (Wildman–Crippen MR) is 134 cm³/mol. The van der Waals surface area contributed by atoms with Gasteiger partial charge >= 0.3 is 17.9 Å². The van der Waals surface area contributed by atoms with E-state index in [0.29, 0.717) is 12.8 Å². The SMILES string of the molecule is C=CC(=O)OCCCCOC(=O)c1ccccc1C(=O)O.CCCC[NH+](CCCC)CCCC. The second kappa shape index (κ2) is 20.9. The van der Waals surface area contributed by atoms with Gasteiger partial charge in [0.25, 0.3) is 0 Å². The average molecular weight is 479 g/mol. The first kappa shape index (κ1) is 31.3. The second-order valence-electron chi connectivity index (χ2n) is 8.13. The number of carboxylic acids is 1. The molecular formula is C27H44NO6+. The van der Waals surface area contributed by atoms with E-state index in [1.54, 1.807) is 6.07 Å². The Morgan fingerprint density at radius 3 is 1.74 bits per heavy atom. The number of carboxylic acid groups (broad SMARTS) is 1. The zero-order valence-corrected chi connectivity index (χ0v) is 21.3. The summed E-state index contributed by atoms with van der Waals surface area (Å²) >= 11 is 0. The molecule has 7 heteroatoms. The number of unbranched alkanes of at least 4 members (excludes halogenated alkanes) is 4. The minimum absolute atomic E-state index is 0.0167. The van der Waals surface area contributed by atoms with Crippen molar-refractivity contribution in [3.63, 3.8) is 0 Å². The Hall–Kier alpha value is -2.67. The van der Waals surface area contributed by atoms with Gasteiger partial charge in [0.1, 0.15) is 0 Å². The van der Waals surface area contributed by atoms with Gasteiger partial charge in [-0.25, -0.2) is 14.4 Å². The Morgan fingerprint density at radius 1 is 0.824 bits per heavy atom. The second-order valence-corrected chi connectivity index (χ2v) is 8.13. The van der Waals surface area contributed by atoms with Gasteiger partial charge in [-0.05, 0) is 44.2 Å². The summed E-state index contributed by atoms with van der Waals surface area (Å²) < 4.78 is 9.75. The maximum atomic E-state index is 11.8. The molecule has 0 aromatic heterocycles. The molecule has 1 aromatic carbocycles.